The molecular weight excluding hydrogens is 236 g/mol. The van der Waals surface area contributed by atoms with Crippen LogP contribution in [0.5, 0.6) is 0 Å². The van der Waals surface area contributed by atoms with Crippen molar-refractivity contribution in [2.24, 2.45) is 5.41 Å². The molecule has 0 aromatic heterocycles. The van der Waals surface area contributed by atoms with Gasteiger partial charge in [0.05, 0.1) is 5.41 Å². The van der Waals surface area contributed by atoms with Crippen LogP contribution in [0.25, 0.3) is 0 Å². The predicted octanol–water partition coefficient (Wildman–Crippen LogP) is 2.10. The average Bonchev–Trinajstić information content (AvgIpc) is 2.70. The van der Waals surface area contributed by atoms with E-state index in [-0.39, 0.29) is 5.41 Å². The summed E-state index contributed by atoms with van der Waals surface area (Å²) in [4.78, 5) is 14.7. The first-order valence-electron chi connectivity index (χ1n) is 7.25. The molecule has 0 radical (unpaired) electrons. The zero-order chi connectivity index (χ0) is 13.3. The van der Waals surface area contributed by atoms with Gasteiger partial charge in [-0.25, -0.2) is 0 Å². The lowest BCUT2D eigenvalue weighted by molar-refractivity contribution is -0.137. The molecule has 0 bridgehead atoms. The van der Waals surface area contributed by atoms with Gasteiger partial charge < -0.3 is 10.2 Å². The number of hydrogen-bond acceptors (Lipinski definition) is 2. The molecule has 1 N–H and O–H groups in total. The molecule has 0 aliphatic carbocycles. The van der Waals surface area contributed by atoms with Crippen molar-refractivity contribution < 1.29 is 4.79 Å². The molecule has 1 atom stereocenters. The van der Waals surface area contributed by atoms with Crippen LogP contribution in [0.3, 0.4) is 0 Å². The number of amides is 1. The Morgan fingerprint density at radius 1 is 1.37 bits per heavy atom. The van der Waals surface area contributed by atoms with Gasteiger partial charge >= 0.3 is 0 Å². The van der Waals surface area contributed by atoms with Gasteiger partial charge in [-0.1, -0.05) is 29.8 Å². The van der Waals surface area contributed by atoms with Gasteiger partial charge in [0.1, 0.15) is 0 Å². The van der Waals surface area contributed by atoms with Gasteiger partial charge in [-0.2, -0.15) is 0 Å². The highest BCUT2D eigenvalue weighted by Gasteiger charge is 2.46. The molecule has 2 aliphatic heterocycles. The summed E-state index contributed by atoms with van der Waals surface area (Å²) < 4.78 is 0. The maximum atomic E-state index is 12.7. The number of nitrogens with zero attached hydrogens (tertiary/aromatic N) is 1. The van der Waals surface area contributed by atoms with Gasteiger partial charge in [0.25, 0.3) is 0 Å². The van der Waals surface area contributed by atoms with Gasteiger partial charge in [0.15, 0.2) is 0 Å². The first-order chi connectivity index (χ1) is 9.20. The zero-order valence-electron chi connectivity index (χ0n) is 11.6. The highest BCUT2D eigenvalue weighted by molar-refractivity contribution is 5.85. The molecule has 2 aliphatic rings. The summed E-state index contributed by atoms with van der Waals surface area (Å²) in [6.07, 6.45) is 3.21. The second kappa shape index (κ2) is 4.97. The van der Waals surface area contributed by atoms with Crippen molar-refractivity contribution in [2.45, 2.75) is 32.7 Å². The maximum Gasteiger partial charge on any atom is 0.230 e. The zero-order valence-corrected chi connectivity index (χ0v) is 11.6. The minimum atomic E-state index is -0.0952. The van der Waals surface area contributed by atoms with E-state index in [2.05, 4.69) is 36.5 Å². The Hall–Kier alpha value is -1.35. The third kappa shape index (κ3) is 2.39. The molecule has 0 saturated carbocycles. The monoisotopic (exact) mass is 258 g/mol. The van der Waals surface area contributed by atoms with Crippen LogP contribution in [0.15, 0.2) is 24.3 Å². The van der Waals surface area contributed by atoms with Crippen molar-refractivity contribution in [1.82, 2.24) is 10.2 Å². The topological polar surface area (TPSA) is 32.3 Å². The van der Waals surface area contributed by atoms with Crippen molar-refractivity contribution in [3.63, 3.8) is 0 Å². The van der Waals surface area contributed by atoms with Crippen LogP contribution in [0.2, 0.25) is 0 Å². The molecule has 3 nitrogen and oxygen atoms in total. The van der Waals surface area contributed by atoms with Crippen molar-refractivity contribution in [3.8, 4) is 0 Å². The predicted molar refractivity (Wildman–Crippen MR) is 75.7 cm³/mol. The Balaban J connectivity index is 1.72. The fraction of sp³-hybridized carbons (Fsp3) is 0.562. The van der Waals surface area contributed by atoms with E-state index in [0.717, 1.165) is 45.4 Å². The Labute approximate surface area is 115 Å². The Kier molecular flexibility index (Phi) is 3.31. The third-order valence-electron chi connectivity index (χ3n) is 4.53. The second-order valence-corrected chi connectivity index (χ2v) is 6.03. The average molecular weight is 258 g/mol. The van der Waals surface area contributed by atoms with Crippen LogP contribution in [0.4, 0.5) is 0 Å². The summed E-state index contributed by atoms with van der Waals surface area (Å²) in [6.45, 7) is 5.71. The van der Waals surface area contributed by atoms with Crippen LogP contribution in [-0.2, 0) is 11.3 Å². The summed E-state index contributed by atoms with van der Waals surface area (Å²) in [5.41, 5.74) is 2.41. The van der Waals surface area contributed by atoms with Crippen LogP contribution < -0.4 is 5.32 Å². The smallest absolute Gasteiger partial charge is 0.230 e. The van der Waals surface area contributed by atoms with E-state index >= 15 is 0 Å². The Bertz CT molecular complexity index is 477. The first-order valence-corrected chi connectivity index (χ1v) is 7.25. The highest BCUT2D eigenvalue weighted by Crippen LogP contribution is 2.38. The standard InChI is InChI=1S/C16H22N2O/c1-13-4-2-5-14(10-13)11-18-9-7-16(15(18)19)6-3-8-17-12-16/h2,4-5,10,17H,3,6-9,11-12H2,1H3. The van der Waals surface area contributed by atoms with Crippen molar-refractivity contribution in [1.29, 1.82) is 0 Å². The Morgan fingerprint density at radius 2 is 2.26 bits per heavy atom. The number of hydrogen-bond donors (Lipinski definition) is 1. The SMILES string of the molecule is Cc1cccc(CN2CCC3(CCCNC3)C2=O)c1. The van der Waals surface area contributed by atoms with E-state index in [4.69, 9.17) is 0 Å². The minimum absolute atomic E-state index is 0.0952. The molecule has 1 amide bonds. The summed E-state index contributed by atoms with van der Waals surface area (Å²) in [6, 6.07) is 8.47. The summed E-state index contributed by atoms with van der Waals surface area (Å²) in [7, 11) is 0. The van der Waals surface area contributed by atoms with E-state index in [0.29, 0.717) is 5.91 Å². The first kappa shape index (κ1) is 12.7. The van der Waals surface area contributed by atoms with Gasteiger partial charge in [-0.3, -0.25) is 4.79 Å². The minimum Gasteiger partial charge on any atom is -0.338 e. The van der Waals surface area contributed by atoms with Crippen molar-refractivity contribution in [3.05, 3.63) is 35.4 Å². The van der Waals surface area contributed by atoms with Crippen molar-refractivity contribution in [2.75, 3.05) is 19.6 Å². The lowest BCUT2D eigenvalue weighted by Gasteiger charge is -2.32. The maximum absolute atomic E-state index is 12.7. The van der Waals surface area contributed by atoms with Gasteiger partial charge in [-0.05, 0) is 38.3 Å². The number of carbonyl (C=O) groups is 1. The van der Waals surface area contributed by atoms with Gasteiger partial charge in [-0.15, -0.1) is 0 Å². The fourth-order valence-electron chi connectivity index (χ4n) is 3.44. The number of carbonyl (C=O) groups excluding carboxylic acids is 1. The summed E-state index contributed by atoms with van der Waals surface area (Å²) in [5.74, 6) is 0.362. The molecule has 1 aromatic carbocycles. The normalized spacial score (nSPS) is 27.2. The molecule has 102 valence electrons. The van der Waals surface area contributed by atoms with Crippen molar-refractivity contribution >= 4 is 5.91 Å². The number of rotatable bonds is 2. The largest absolute Gasteiger partial charge is 0.338 e. The van der Waals surface area contributed by atoms with Crippen LogP contribution >= 0.6 is 0 Å². The third-order valence-corrected chi connectivity index (χ3v) is 4.53. The molecule has 3 heteroatoms. The molecule has 2 fully saturated rings. The van der Waals surface area contributed by atoms with E-state index in [1.54, 1.807) is 0 Å². The second-order valence-electron chi connectivity index (χ2n) is 6.03. The van der Waals surface area contributed by atoms with Gasteiger partial charge in [0, 0.05) is 19.6 Å². The molecule has 3 rings (SSSR count). The number of likely N-dealkylation sites (tertiary alicyclic amines) is 1. The molecule has 1 unspecified atom stereocenters. The van der Waals surface area contributed by atoms with Crippen LogP contribution in [0.1, 0.15) is 30.4 Å². The number of aryl methyl sites for hydroxylation is 1. The van der Waals surface area contributed by atoms with Gasteiger partial charge in [0.2, 0.25) is 5.91 Å². The van der Waals surface area contributed by atoms with Crippen LogP contribution in [0, 0.1) is 12.3 Å². The van der Waals surface area contributed by atoms with E-state index < -0.39 is 0 Å². The Morgan fingerprint density at radius 3 is 3.00 bits per heavy atom. The lowest BCUT2D eigenvalue weighted by Crippen LogP contribution is -2.45. The van der Waals surface area contributed by atoms with E-state index in [1.807, 2.05) is 4.90 Å². The molecule has 1 spiro atoms. The summed E-state index contributed by atoms with van der Waals surface area (Å²) >= 11 is 0. The summed E-state index contributed by atoms with van der Waals surface area (Å²) in [5, 5.41) is 3.39. The van der Waals surface area contributed by atoms with E-state index in [1.165, 1.54) is 11.1 Å². The number of piperidine rings is 1. The molecule has 1 aromatic rings. The van der Waals surface area contributed by atoms with Crippen LogP contribution in [-0.4, -0.2) is 30.4 Å². The molecular formula is C16H22N2O. The molecule has 19 heavy (non-hydrogen) atoms. The van der Waals surface area contributed by atoms with E-state index in [9.17, 15) is 4.79 Å². The lowest BCUT2D eigenvalue weighted by atomic mass is 9.79. The fourth-order valence-corrected chi connectivity index (χ4v) is 3.44. The molecule has 2 heterocycles. The molecule has 2 saturated heterocycles. The highest BCUT2D eigenvalue weighted by atomic mass is 16.2. The number of nitrogens with one attached hydrogen (secondary N) is 1. The number of benzene rings is 1. The quantitative estimate of drug-likeness (QED) is 0.881.